The zero-order valence-electron chi connectivity index (χ0n) is 10.6. The van der Waals surface area contributed by atoms with Crippen LogP contribution in [0.25, 0.3) is 11.1 Å². The molecule has 0 atom stereocenters. The number of nitrogens with one attached hydrogen (secondary N) is 1. The number of hydrogen-bond donors (Lipinski definition) is 1. The highest BCUT2D eigenvalue weighted by molar-refractivity contribution is 5.77. The van der Waals surface area contributed by atoms with Crippen LogP contribution in [-0.2, 0) is 0 Å². The van der Waals surface area contributed by atoms with Gasteiger partial charge in [0.1, 0.15) is 0 Å². The molecule has 0 fully saturated rings. The van der Waals surface area contributed by atoms with Crippen LogP contribution in [0.4, 0.5) is 5.69 Å². The van der Waals surface area contributed by atoms with Crippen LogP contribution < -0.4 is 5.32 Å². The Morgan fingerprint density at radius 2 is 1.67 bits per heavy atom. The lowest BCUT2D eigenvalue weighted by Crippen LogP contribution is -2.01. The molecule has 0 saturated heterocycles. The van der Waals surface area contributed by atoms with Gasteiger partial charge in [-0.2, -0.15) is 0 Å². The first-order valence-electron chi connectivity index (χ1n) is 6.20. The van der Waals surface area contributed by atoms with Crippen molar-refractivity contribution in [3.63, 3.8) is 0 Å². The normalized spacial score (nSPS) is 9.39. The van der Waals surface area contributed by atoms with Gasteiger partial charge in [-0.1, -0.05) is 48.5 Å². The molecular formula is C17H17N. The molecule has 0 aliphatic carbocycles. The monoisotopic (exact) mass is 235 g/mol. The average Bonchev–Trinajstić information content (AvgIpc) is 2.45. The third kappa shape index (κ3) is 3.15. The maximum absolute atomic E-state index is 3.44. The van der Waals surface area contributed by atoms with E-state index < -0.39 is 0 Å². The Balaban J connectivity index is 2.17. The molecule has 1 nitrogen and oxygen atoms in total. The lowest BCUT2D eigenvalue weighted by Gasteiger charge is -2.11. The first-order valence-corrected chi connectivity index (χ1v) is 6.20. The minimum atomic E-state index is 0.875. The van der Waals surface area contributed by atoms with Crippen LogP contribution in [0.1, 0.15) is 13.3 Å². The van der Waals surface area contributed by atoms with Crippen LogP contribution in [0.2, 0.25) is 0 Å². The Morgan fingerprint density at radius 3 is 2.44 bits per heavy atom. The van der Waals surface area contributed by atoms with Crippen molar-refractivity contribution >= 4 is 5.69 Å². The van der Waals surface area contributed by atoms with Crippen molar-refractivity contribution in [3.05, 3.63) is 54.6 Å². The Kier molecular flexibility index (Phi) is 4.44. The van der Waals surface area contributed by atoms with E-state index in [4.69, 9.17) is 0 Å². The minimum Gasteiger partial charge on any atom is -0.384 e. The van der Waals surface area contributed by atoms with E-state index in [0.29, 0.717) is 0 Å². The summed E-state index contributed by atoms with van der Waals surface area (Å²) >= 11 is 0. The van der Waals surface area contributed by atoms with E-state index in [1.165, 1.54) is 16.8 Å². The number of hydrogen-bond acceptors (Lipinski definition) is 1. The smallest absolute Gasteiger partial charge is 0.0420 e. The fraction of sp³-hybridized carbons (Fsp3) is 0.176. The Bertz CT molecular complexity index is 547. The third-order valence-corrected chi connectivity index (χ3v) is 2.75. The quantitative estimate of drug-likeness (QED) is 0.619. The summed E-state index contributed by atoms with van der Waals surface area (Å²) in [6, 6.07) is 18.8. The van der Waals surface area contributed by atoms with E-state index in [-0.39, 0.29) is 0 Å². The highest BCUT2D eigenvalue weighted by Crippen LogP contribution is 2.27. The fourth-order valence-electron chi connectivity index (χ4n) is 1.89. The molecule has 2 aromatic carbocycles. The summed E-state index contributed by atoms with van der Waals surface area (Å²) < 4.78 is 0. The first-order chi connectivity index (χ1) is 8.92. The summed E-state index contributed by atoms with van der Waals surface area (Å²) in [5.74, 6) is 5.98. The van der Waals surface area contributed by atoms with E-state index >= 15 is 0 Å². The lowest BCUT2D eigenvalue weighted by molar-refractivity contribution is 1.10. The van der Waals surface area contributed by atoms with Crippen molar-refractivity contribution < 1.29 is 0 Å². The average molecular weight is 235 g/mol. The Labute approximate surface area is 109 Å². The molecule has 0 amide bonds. The van der Waals surface area contributed by atoms with E-state index in [2.05, 4.69) is 65.7 Å². The molecule has 0 aliphatic heterocycles. The molecule has 0 radical (unpaired) electrons. The lowest BCUT2D eigenvalue weighted by atomic mass is 10.0. The van der Waals surface area contributed by atoms with Gasteiger partial charge in [0, 0.05) is 24.2 Å². The summed E-state index contributed by atoms with van der Waals surface area (Å²) in [5.41, 5.74) is 3.64. The fourth-order valence-corrected chi connectivity index (χ4v) is 1.89. The molecule has 18 heavy (non-hydrogen) atoms. The molecule has 2 aromatic rings. The standard InChI is InChI=1S/C17H17N/c1-2-3-9-14-18-17-13-8-7-12-16(17)15-10-5-4-6-11-15/h4-8,10-13,18H,9,14H2,1H3. The summed E-state index contributed by atoms with van der Waals surface area (Å²) in [7, 11) is 0. The zero-order valence-corrected chi connectivity index (χ0v) is 10.6. The van der Waals surface area contributed by atoms with Gasteiger partial charge in [0.05, 0.1) is 0 Å². The molecule has 0 spiro atoms. The summed E-state index contributed by atoms with van der Waals surface area (Å²) in [4.78, 5) is 0. The number of benzene rings is 2. The number of rotatable bonds is 4. The maximum Gasteiger partial charge on any atom is 0.0420 e. The van der Waals surface area contributed by atoms with Gasteiger partial charge >= 0.3 is 0 Å². The Hall–Kier alpha value is -2.20. The van der Waals surface area contributed by atoms with Crippen LogP contribution in [0.15, 0.2) is 54.6 Å². The second-order valence-corrected chi connectivity index (χ2v) is 4.02. The van der Waals surface area contributed by atoms with Crippen molar-refractivity contribution in [2.45, 2.75) is 13.3 Å². The van der Waals surface area contributed by atoms with E-state index in [0.717, 1.165) is 13.0 Å². The molecule has 1 heteroatoms. The van der Waals surface area contributed by atoms with Crippen LogP contribution in [0.3, 0.4) is 0 Å². The van der Waals surface area contributed by atoms with Crippen molar-refractivity contribution in [2.24, 2.45) is 0 Å². The molecule has 2 rings (SSSR count). The highest BCUT2D eigenvalue weighted by atomic mass is 14.9. The summed E-state index contributed by atoms with van der Waals surface area (Å²) in [5, 5.41) is 3.44. The predicted octanol–water partition coefficient (Wildman–Crippen LogP) is 4.18. The molecule has 0 bridgehead atoms. The Morgan fingerprint density at radius 1 is 0.944 bits per heavy atom. The van der Waals surface area contributed by atoms with E-state index in [1.54, 1.807) is 0 Å². The van der Waals surface area contributed by atoms with Crippen molar-refractivity contribution in [3.8, 4) is 23.0 Å². The van der Waals surface area contributed by atoms with Gasteiger partial charge in [-0.05, 0) is 18.6 Å². The third-order valence-electron chi connectivity index (χ3n) is 2.75. The van der Waals surface area contributed by atoms with Gasteiger partial charge in [0.2, 0.25) is 0 Å². The number of para-hydroxylation sites is 1. The highest BCUT2D eigenvalue weighted by Gasteiger charge is 2.02. The van der Waals surface area contributed by atoms with Crippen molar-refractivity contribution in [1.29, 1.82) is 0 Å². The first kappa shape index (κ1) is 12.3. The maximum atomic E-state index is 3.44. The SMILES string of the molecule is CC#CCCNc1ccccc1-c1ccccc1. The second kappa shape index (κ2) is 6.51. The molecular weight excluding hydrogens is 218 g/mol. The molecule has 0 aromatic heterocycles. The predicted molar refractivity (Wildman–Crippen MR) is 78.4 cm³/mol. The van der Waals surface area contributed by atoms with Gasteiger partial charge < -0.3 is 5.32 Å². The van der Waals surface area contributed by atoms with Gasteiger partial charge in [0.15, 0.2) is 0 Å². The molecule has 0 aliphatic rings. The molecule has 0 saturated carbocycles. The summed E-state index contributed by atoms with van der Waals surface area (Å²) in [6.45, 7) is 2.75. The van der Waals surface area contributed by atoms with Gasteiger partial charge in [0.25, 0.3) is 0 Å². The van der Waals surface area contributed by atoms with Crippen LogP contribution in [0.5, 0.6) is 0 Å². The van der Waals surface area contributed by atoms with Crippen molar-refractivity contribution in [1.82, 2.24) is 0 Å². The minimum absolute atomic E-state index is 0.875. The van der Waals surface area contributed by atoms with Crippen LogP contribution in [-0.4, -0.2) is 6.54 Å². The van der Waals surface area contributed by atoms with Crippen LogP contribution in [0, 0.1) is 11.8 Å². The molecule has 90 valence electrons. The molecule has 0 unspecified atom stereocenters. The van der Waals surface area contributed by atoms with Crippen LogP contribution >= 0.6 is 0 Å². The van der Waals surface area contributed by atoms with Gasteiger partial charge in [-0.25, -0.2) is 0 Å². The van der Waals surface area contributed by atoms with Crippen molar-refractivity contribution in [2.75, 3.05) is 11.9 Å². The second-order valence-electron chi connectivity index (χ2n) is 4.02. The van der Waals surface area contributed by atoms with Gasteiger partial charge in [-0.15, -0.1) is 11.8 Å². The largest absolute Gasteiger partial charge is 0.384 e. The summed E-state index contributed by atoms with van der Waals surface area (Å²) in [6.07, 6.45) is 0.875. The topological polar surface area (TPSA) is 12.0 Å². The van der Waals surface area contributed by atoms with E-state index in [9.17, 15) is 0 Å². The number of anilines is 1. The molecule has 0 heterocycles. The van der Waals surface area contributed by atoms with E-state index in [1.807, 2.05) is 13.0 Å². The van der Waals surface area contributed by atoms with Gasteiger partial charge in [-0.3, -0.25) is 0 Å². The molecule has 1 N–H and O–H groups in total. The zero-order chi connectivity index (χ0) is 12.6.